The Hall–Kier alpha value is -2.22. The van der Waals surface area contributed by atoms with Crippen molar-refractivity contribution < 1.29 is 9.59 Å². The zero-order valence-electron chi connectivity index (χ0n) is 16.7. The number of H-pyrrole nitrogens is 1. The number of likely N-dealkylation sites (tertiary alicyclic amines) is 1. The summed E-state index contributed by atoms with van der Waals surface area (Å²) >= 11 is 0. The first kappa shape index (κ1) is 19.1. The van der Waals surface area contributed by atoms with E-state index in [9.17, 15) is 14.4 Å². The van der Waals surface area contributed by atoms with Crippen LogP contribution in [0.5, 0.6) is 0 Å². The number of aromatic nitrogens is 2. The molecule has 2 aliphatic heterocycles. The molecule has 1 aromatic heterocycles. The molecule has 2 atom stereocenters. The number of hydrogen-bond donors (Lipinski definition) is 2. The Morgan fingerprint density at radius 1 is 1.18 bits per heavy atom. The van der Waals surface area contributed by atoms with Crippen LogP contribution in [-0.4, -0.2) is 56.8 Å². The lowest BCUT2D eigenvalue weighted by molar-refractivity contribution is -0.133. The maximum atomic E-state index is 13.0. The number of aromatic amines is 1. The summed E-state index contributed by atoms with van der Waals surface area (Å²) in [6.45, 7) is 5.74. The first-order chi connectivity index (χ1) is 13.4. The zero-order valence-corrected chi connectivity index (χ0v) is 16.7. The Morgan fingerprint density at radius 3 is 2.64 bits per heavy atom. The molecule has 1 saturated carbocycles. The van der Waals surface area contributed by atoms with Gasteiger partial charge < -0.3 is 15.2 Å². The van der Waals surface area contributed by atoms with E-state index in [0.29, 0.717) is 43.5 Å². The molecule has 2 amide bonds. The quantitative estimate of drug-likeness (QED) is 0.748. The van der Waals surface area contributed by atoms with Crippen molar-refractivity contribution in [1.29, 1.82) is 0 Å². The van der Waals surface area contributed by atoms with Gasteiger partial charge in [-0.25, -0.2) is 4.98 Å². The van der Waals surface area contributed by atoms with Gasteiger partial charge in [0.15, 0.2) is 0 Å². The maximum absolute atomic E-state index is 13.0. The van der Waals surface area contributed by atoms with E-state index < -0.39 is 0 Å². The lowest BCUT2D eigenvalue weighted by Crippen LogP contribution is -2.45. The smallest absolute Gasteiger partial charge is 0.256 e. The number of hydrogen-bond acceptors (Lipinski definition) is 5. The minimum absolute atomic E-state index is 0.00579. The molecule has 8 heteroatoms. The predicted octanol–water partition coefficient (Wildman–Crippen LogP) is 0.690. The number of carbonyl (C=O) groups excluding carboxylic acids is 2. The van der Waals surface area contributed by atoms with Gasteiger partial charge in [-0.15, -0.1) is 0 Å². The van der Waals surface area contributed by atoms with Gasteiger partial charge in [0.1, 0.15) is 5.82 Å². The molecule has 8 nitrogen and oxygen atoms in total. The SMILES string of the molecule is CC(=O)NC[C@H]1CC[C@@H](CC(=O)N2Cc3nc(C)[nH]c(=O)c3C2)N1CC1CC1. The maximum Gasteiger partial charge on any atom is 0.256 e. The van der Waals surface area contributed by atoms with Crippen molar-refractivity contribution in [2.24, 2.45) is 5.92 Å². The molecule has 3 heterocycles. The Morgan fingerprint density at radius 2 is 1.93 bits per heavy atom. The van der Waals surface area contributed by atoms with E-state index in [4.69, 9.17) is 0 Å². The van der Waals surface area contributed by atoms with Gasteiger partial charge in [0.2, 0.25) is 11.8 Å². The number of amides is 2. The monoisotopic (exact) mass is 387 g/mol. The first-order valence-electron chi connectivity index (χ1n) is 10.3. The Kier molecular flexibility index (Phi) is 5.23. The highest BCUT2D eigenvalue weighted by Gasteiger charge is 2.39. The van der Waals surface area contributed by atoms with Crippen LogP contribution >= 0.6 is 0 Å². The van der Waals surface area contributed by atoms with Crippen LogP contribution in [0, 0.1) is 12.8 Å². The van der Waals surface area contributed by atoms with E-state index in [-0.39, 0.29) is 23.4 Å². The highest BCUT2D eigenvalue weighted by atomic mass is 16.2. The second kappa shape index (κ2) is 7.66. The fraction of sp³-hybridized carbons (Fsp3) is 0.700. The molecule has 1 aliphatic carbocycles. The molecule has 1 aromatic rings. The fourth-order valence-electron chi connectivity index (χ4n) is 4.51. The molecule has 1 saturated heterocycles. The summed E-state index contributed by atoms with van der Waals surface area (Å²) in [5, 5.41) is 2.94. The van der Waals surface area contributed by atoms with Gasteiger partial charge in [-0.1, -0.05) is 0 Å². The Labute approximate surface area is 164 Å². The second-order valence-electron chi connectivity index (χ2n) is 8.49. The van der Waals surface area contributed by atoms with E-state index in [1.165, 1.54) is 12.8 Å². The molecule has 3 aliphatic rings. The van der Waals surface area contributed by atoms with Crippen molar-refractivity contribution in [1.82, 2.24) is 25.1 Å². The van der Waals surface area contributed by atoms with Gasteiger partial charge >= 0.3 is 0 Å². The number of nitrogens with zero attached hydrogens (tertiary/aromatic N) is 3. The molecule has 0 spiro atoms. The van der Waals surface area contributed by atoms with Crippen LogP contribution in [0.15, 0.2) is 4.79 Å². The number of nitrogens with one attached hydrogen (secondary N) is 2. The highest BCUT2D eigenvalue weighted by Crippen LogP contribution is 2.35. The van der Waals surface area contributed by atoms with Gasteiger partial charge in [0.25, 0.3) is 5.56 Å². The lowest BCUT2D eigenvalue weighted by Gasteiger charge is -2.31. The third-order valence-electron chi connectivity index (χ3n) is 6.20. The van der Waals surface area contributed by atoms with E-state index in [1.54, 1.807) is 18.7 Å². The summed E-state index contributed by atoms with van der Waals surface area (Å²) in [5.74, 6) is 1.40. The van der Waals surface area contributed by atoms with Gasteiger partial charge in [-0.3, -0.25) is 19.3 Å². The summed E-state index contributed by atoms with van der Waals surface area (Å²) in [6, 6.07) is 0.522. The largest absolute Gasteiger partial charge is 0.355 e. The third-order valence-corrected chi connectivity index (χ3v) is 6.20. The number of rotatable bonds is 6. The second-order valence-corrected chi connectivity index (χ2v) is 8.49. The molecule has 0 aromatic carbocycles. The number of carbonyl (C=O) groups is 2. The summed E-state index contributed by atoms with van der Waals surface area (Å²) in [7, 11) is 0. The molecule has 0 radical (unpaired) electrons. The van der Waals surface area contributed by atoms with Crippen LogP contribution in [0.2, 0.25) is 0 Å². The van der Waals surface area contributed by atoms with E-state index >= 15 is 0 Å². The minimum atomic E-state index is -0.135. The van der Waals surface area contributed by atoms with E-state index in [0.717, 1.165) is 31.0 Å². The van der Waals surface area contributed by atoms with Gasteiger partial charge in [0, 0.05) is 38.5 Å². The average Bonchev–Trinajstić information content (AvgIpc) is 3.21. The number of aryl methyl sites for hydroxylation is 1. The standard InChI is InChI=1S/C20H29N5O3/c1-12-22-18-11-24(10-17(18)20(28)23-12)19(27)7-15-5-6-16(8-21-13(2)26)25(15)9-14-3-4-14/h14-16H,3-11H2,1-2H3,(H,21,26)(H,22,23,28)/t15-,16+/m0/s1. The summed E-state index contributed by atoms with van der Waals surface area (Å²) in [4.78, 5) is 47.7. The molecule has 152 valence electrons. The highest BCUT2D eigenvalue weighted by molar-refractivity contribution is 5.77. The van der Waals surface area contributed by atoms with Crippen LogP contribution < -0.4 is 10.9 Å². The van der Waals surface area contributed by atoms with Crippen LogP contribution in [0.4, 0.5) is 0 Å². The molecule has 4 rings (SSSR count). The van der Waals surface area contributed by atoms with Crippen LogP contribution in [0.25, 0.3) is 0 Å². The lowest BCUT2D eigenvalue weighted by atomic mass is 10.1. The van der Waals surface area contributed by atoms with Crippen LogP contribution in [0.3, 0.4) is 0 Å². The molecular weight excluding hydrogens is 358 g/mol. The van der Waals surface area contributed by atoms with Crippen molar-refractivity contribution in [2.45, 2.75) is 71.1 Å². The molecule has 28 heavy (non-hydrogen) atoms. The van der Waals surface area contributed by atoms with Gasteiger partial charge in [-0.2, -0.15) is 0 Å². The predicted molar refractivity (Wildman–Crippen MR) is 103 cm³/mol. The fourth-order valence-corrected chi connectivity index (χ4v) is 4.51. The van der Waals surface area contributed by atoms with E-state index in [2.05, 4.69) is 20.2 Å². The van der Waals surface area contributed by atoms with Crippen molar-refractivity contribution in [2.75, 3.05) is 13.1 Å². The van der Waals surface area contributed by atoms with E-state index in [1.807, 2.05) is 0 Å². The Bertz CT molecular complexity index is 832. The minimum Gasteiger partial charge on any atom is -0.355 e. The van der Waals surface area contributed by atoms with Crippen molar-refractivity contribution >= 4 is 11.8 Å². The normalized spacial score (nSPS) is 24.4. The van der Waals surface area contributed by atoms with Crippen molar-refractivity contribution in [3.05, 3.63) is 27.4 Å². The summed E-state index contributed by atoms with van der Waals surface area (Å²) < 4.78 is 0. The molecule has 2 fully saturated rings. The zero-order chi connectivity index (χ0) is 19.8. The molecule has 0 unspecified atom stereocenters. The molecule has 0 bridgehead atoms. The van der Waals surface area contributed by atoms with Gasteiger partial charge in [0.05, 0.1) is 24.3 Å². The Balaban J connectivity index is 1.40. The topological polar surface area (TPSA) is 98.4 Å². The summed E-state index contributed by atoms with van der Waals surface area (Å²) in [5.41, 5.74) is 1.20. The van der Waals surface area contributed by atoms with Crippen LogP contribution in [0.1, 0.15) is 56.1 Å². The average molecular weight is 387 g/mol. The number of fused-ring (bicyclic) bond motifs is 1. The van der Waals surface area contributed by atoms with Gasteiger partial charge in [-0.05, 0) is 38.5 Å². The van der Waals surface area contributed by atoms with Crippen molar-refractivity contribution in [3.63, 3.8) is 0 Å². The first-order valence-corrected chi connectivity index (χ1v) is 10.3. The van der Waals surface area contributed by atoms with Crippen molar-refractivity contribution in [3.8, 4) is 0 Å². The molecule has 2 N–H and O–H groups in total. The summed E-state index contributed by atoms with van der Waals surface area (Å²) in [6.07, 6.45) is 4.97. The molecular formula is C20H29N5O3. The third kappa shape index (κ3) is 4.11. The van der Waals surface area contributed by atoms with Crippen LogP contribution in [-0.2, 0) is 22.7 Å².